The van der Waals surface area contributed by atoms with Gasteiger partial charge in [0.05, 0.1) is 11.6 Å². The van der Waals surface area contributed by atoms with Crippen LogP contribution < -0.4 is 10.1 Å². The lowest BCUT2D eigenvalue weighted by Gasteiger charge is -2.06. The molecule has 3 rings (SSSR count). The van der Waals surface area contributed by atoms with Crippen LogP contribution in [-0.2, 0) is 11.2 Å². The summed E-state index contributed by atoms with van der Waals surface area (Å²) in [6.07, 6.45) is 1.52. The van der Waals surface area contributed by atoms with Gasteiger partial charge in [0.15, 0.2) is 0 Å². The Bertz CT molecular complexity index is 868. The van der Waals surface area contributed by atoms with Crippen molar-refractivity contribution in [1.29, 1.82) is 0 Å². The smallest absolute Gasteiger partial charge is 0.228 e. The Morgan fingerprint density at radius 1 is 1.11 bits per heavy atom. The van der Waals surface area contributed by atoms with Crippen LogP contribution in [0.2, 0.25) is 5.02 Å². The van der Waals surface area contributed by atoms with E-state index in [1.165, 1.54) is 0 Å². The second kappa shape index (κ2) is 9.73. The van der Waals surface area contributed by atoms with E-state index in [0.717, 1.165) is 11.3 Å². The zero-order chi connectivity index (χ0) is 18.9. The molecule has 1 aromatic heterocycles. The van der Waals surface area contributed by atoms with Crippen molar-refractivity contribution >= 4 is 17.5 Å². The van der Waals surface area contributed by atoms with Crippen LogP contribution in [0.1, 0.15) is 18.7 Å². The third-order valence-electron chi connectivity index (χ3n) is 3.80. The van der Waals surface area contributed by atoms with E-state index < -0.39 is 0 Å². The number of carbonyl (C=O) groups is 1. The molecule has 7 heteroatoms. The summed E-state index contributed by atoms with van der Waals surface area (Å²) < 4.78 is 10.8. The molecule has 0 aliphatic rings. The van der Waals surface area contributed by atoms with Crippen molar-refractivity contribution in [2.24, 2.45) is 0 Å². The largest absolute Gasteiger partial charge is 0.494 e. The average molecular weight is 386 g/mol. The highest BCUT2D eigenvalue weighted by Gasteiger charge is 2.11. The van der Waals surface area contributed by atoms with Crippen molar-refractivity contribution in [3.05, 3.63) is 65.5 Å². The molecular formula is C20H20ClN3O3. The number of nitrogens with zero attached hydrogens (tertiary/aromatic N) is 2. The predicted octanol–water partition coefficient (Wildman–Crippen LogP) is 3.91. The maximum absolute atomic E-state index is 11.9. The van der Waals surface area contributed by atoms with Gasteiger partial charge in [-0.15, -0.1) is 0 Å². The number of nitrogens with one attached hydrogen (secondary N) is 1. The molecule has 0 unspecified atom stereocenters. The molecule has 1 amide bonds. The Morgan fingerprint density at radius 2 is 1.89 bits per heavy atom. The van der Waals surface area contributed by atoms with E-state index in [1.807, 2.05) is 48.5 Å². The van der Waals surface area contributed by atoms with E-state index in [4.69, 9.17) is 20.9 Å². The van der Waals surface area contributed by atoms with Gasteiger partial charge in [0.25, 0.3) is 0 Å². The number of halogens is 1. The van der Waals surface area contributed by atoms with Gasteiger partial charge in [-0.25, -0.2) is 0 Å². The predicted molar refractivity (Wildman–Crippen MR) is 103 cm³/mol. The first kappa shape index (κ1) is 18.9. The molecule has 1 N–H and O–H groups in total. The minimum atomic E-state index is -0.0301. The van der Waals surface area contributed by atoms with Crippen molar-refractivity contribution < 1.29 is 14.1 Å². The van der Waals surface area contributed by atoms with Crippen LogP contribution in [-0.4, -0.2) is 29.2 Å². The van der Waals surface area contributed by atoms with Crippen molar-refractivity contribution in [3.8, 4) is 17.1 Å². The fourth-order valence-corrected chi connectivity index (χ4v) is 2.67. The second-order valence-electron chi connectivity index (χ2n) is 5.86. The highest BCUT2D eigenvalue weighted by atomic mass is 35.5. The zero-order valence-electron chi connectivity index (χ0n) is 14.7. The molecule has 0 saturated carbocycles. The molecule has 1 heterocycles. The maximum Gasteiger partial charge on any atom is 0.228 e. The van der Waals surface area contributed by atoms with Crippen LogP contribution >= 0.6 is 11.6 Å². The molecule has 6 nitrogen and oxygen atoms in total. The molecule has 0 bridgehead atoms. The van der Waals surface area contributed by atoms with Crippen LogP contribution in [0, 0.1) is 0 Å². The van der Waals surface area contributed by atoms with E-state index in [2.05, 4.69) is 15.5 Å². The Labute approximate surface area is 162 Å². The molecular weight excluding hydrogens is 366 g/mol. The third kappa shape index (κ3) is 5.82. The van der Waals surface area contributed by atoms with Gasteiger partial charge in [-0.1, -0.05) is 47.1 Å². The summed E-state index contributed by atoms with van der Waals surface area (Å²) in [5, 5.41) is 7.34. The number of benzene rings is 2. The van der Waals surface area contributed by atoms with Gasteiger partial charge >= 0.3 is 0 Å². The zero-order valence-corrected chi connectivity index (χ0v) is 15.5. The van der Waals surface area contributed by atoms with E-state index in [9.17, 15) is 4.79 Å². The Hall–Kier alpha value is -2.86. The Morgan fingerprint density at radius 3 is 2.70 bits per heavy atom. The Kier molecular flexibility index (Phi) is 6.82. The number of carbonyl (C=O) groups excluding carboxylic acids is 1. The van der Waals surface area contributed by atoms with Crippen LogP contribution in [0.15, 0.2) is 59.1 Å². The van der Waals surface area contributed by atoms with Crippen molar-refractivity contribution in [2.45, 2.75) is 19.3 Å². The number of para-hydroxylation sites is 1. The molecule has 0 aliphatic carbocycles. The SMILES string of the molecule is O=C(CCCOc1ccccc1)NCCc1nc(-c2ccccc2Cl)no1. The van der Waals surface area contributed by atoms with Crippen LogP contribution in [0.5, 0.6) is 5.75 Å². The summed E-state index contributed by atoms with van der Waals surface area (Å²) in [4.78, 5) is 16.2. The van der Waals surface area contributed by atoms with Crippen LogP contribution in [0.4, 0.5) is 0 Å². The van der Waals surface area contributed by atoms with E-state index in [-0.39, 0.29) is 5.91 Å². The lowest BCUT2D eigenvalue weighted by molar-refractivity contribution is -0.121. The third-order valence-corrected chi connectivity index (χ3v) is 4.13. The normalized spacial score (nSPS) is 10.6. The summed E-state index contributed by atoms with van der Waals surface area (Å²) in [5.74, 6) is 1.68. The summed E-state index contributed by atoms with van der Waals surface area (Å²) in [6.45, 7) is 0.935. The molecule has 0 spiro atoms. The summed E-state index contributed by atoms with van der Waals surface area (Å²) in [5.41, 5.74) is 0.719. The molecule has 2 aromatic carbocycles. The van der Waals surface area contributed by atoms with Gasteiger partial charge < -0.3 is 14.6 Å². The van der Waals surface area contributed by atoms with E-state index >= 15 is 0 Å². The van der Waals surface area contributed by atoms with Crippen molar-refractivity contribution in [3.63, 3.8) is 0 Å². The molecule has 0 radical (unpaired) electrons. The topological polar surface area (TPSA) is 77.2 Å². The molecule has 27 heavy (non-hydrogen) atoms. The fourth-order valence-electron chi connectivity index (χ4n) is 2.45. The molecule has 0 aliphatic heterocycles. The van der Waals surface area contributed by atoms with Crippen LogP contribution in [0.25, 0.3) is 11.4 Å². The summed E-state index contributed by atoms with van der Waals surface area (Å²) >= 11 is 6.12. The quantitative estimate of drug-likeness (QED) is 0.565. The van der Waals surface area contributed by atoms with Gasteiger partial charge in [0.2, 0.25) is 17.6 Å². The molecule has 0 fully saturated rings. The lowest BCUT2D eigenvalue weighted by Crippen LogP contribution is -2.25. The molecule has 140 valence electrons. The first-order valence-electron chi connectivity index (χ1n) is 8.74. The van der Waals surface area contributed by atoms with Gasteiger partial charge in [0.1, 0.15) is 5.75 Å². The van der Waals surface area contributed by atoms with Gasteiger partial charge in [-0.05, 0) is 30.7 Å². The van der Waals surface area contributed by atoms with Gasteiger partial charge in [-0.3, -0.25) is 4.79 Å². The minimum absolute atomic E-state index is 0.0301. The van der Waals surface area contributed by atoms with Crippen molar-refractivity contribution in [2.75, 3.05) is 13.2 Å². The number of hydrogen-bond donors (Lipinski definition) is 1. The standard InChI is InChI=1S/C20H20ClN3O3/c21-17-10-5-4-9-16(17)20-23-19(27-24-20)12-13-22-18(25)11-6-14-26-15-7-2-1-3-8-15/h1-5,7-10H,6,11-14H2,(H,22,25). The van der Waals surface area contributed by atoms with Gasteiger partial charge in [0, 0.05) is 24.9 Å². The second-order valence-corrected chi connectivity index (χ2v) is 6.26. The van der Waals surface area contributed by atoms with Gasteiger partial charge in [-0.2, -0.15) is 4.98 Å². The number of amides is 1. The first-order chi connectivity index (χ1) is 13.2. The molecule has 0 atom stereocenters. The Balaban J connectivity index is 1.35. The molecule has 0 saturated heterocycles. The number of aromatic nitrogens is 2. The molecule has 3 aromatic rings. The monoisotopic (exact) mass is 385 g/mol. The first-order valence-corrected chi connectivity index (χ1v) is 9.12. The minimum Gasteiger partial charge on any atom is -0.494 e. The summed E-state index contributed by atoms with van der Waals surface area (Å²) in [7, 11) is 0. The number of ether oxygens (including phenoxy) is 1. The number of hydrogen-bond acceptors (Lipinski definition) is 5. The van der Waals surface area contributed by atoms with Crippen LogP contribution in [0.3, 0.4) is 0 Å². The van der Waals surface area contributed by atoms with E-state index in [1.54, 1.807) is 6.07 Å². The van der Waals surface area contributed by atoms with Crippen molar-refractivity contribution in [1.82, 2.24) is 15.5 Å². The maximum atomic E-state index is 11.9. The lowest BCUT2D eigenvalue weighted by atomic mass is 10.2. The number of rotatable bonds is 9. The van der Waals surface area contributed by atoms with E-state index in [0.29, 0.717) is 49.2 Å². The fraction of sp³-hybridized carbons (Fsp3) is 0.250. The summed E-state index contributed by atoms with van der Waals surface area (Å²) in [6, 6.07) is 16.8. The average Bonchev–Trinajstić information content (AvgIpc) is 3.15. The highest BCUT2D eigenvalue weighted by Crippen LogP contribution is 2.24. The highest BCUT2D eigenvalue weighted by molar-refractivity contribution is 6.33.